The number of anilines is 1. The summed E-state index contributed by atoms with van der Waals surface area (Å²) >= 11 is 0. The first-order chi connectivity index (χ1) is 12.2. The maximum absolute atomic E-state index is 15.3. The van der Waals surface area contributed by atoms with Crippen molar-refractivity contribution < 1.29 is 9.50 Å². The molecule has 0 spiro atoms. The van der Waals surface area contributed by atoms with Gasteiger partial charge >= 0.3 is 0 Å². The molecule has 1 aromatic heterocycles. The fourth-order valence-electron chi connectivity index (χ4n) is 3.63. The van der Waals surface area contributed by atoms with Crippen molar-refractivity contribution in [2.75, 3.05) is 18.0 Å². The Morgan fingerprint density at radius 1 is 1.31 bits per heavy atom. The largest absolute Gasteiger partial charge is 0.386 e. The minimum atomic E-state index is -1.50. The predicted octanol–water partition coefficient (Wildman–Crippen LogP) is 2.69. The highest BCUT2D eigenvalue weighted by molar-refractivity contribution is 5.66. The normalized spacial score (nSPS) is 17.2. The lowest BCUT2D eigenvalue weighted by Crippen LogP contribution is -2.42. The lowest BCUT2D eigenvalue weighted by atomic mass is 9.89. The molecule has 3 rings (SSSR count). The molecule has 1 saturated heterocycles. The fraction of sp³-hybridized carbons (Fsp3) is 0.526. The lowest BCUT2D eigenvalue weighted by molar-refractivity contribution is 0.0785. The van der Waals surface area contributed by atoms with Crippen molar-refractivity contribution in [2.24, 2.45) is 7.05 Å². The Bertz CT molecular complexity index is 854. The molecule has 1 aliphatic heterocycles. The van der Waals surface area contributed by atoms with Crippen molar-refractivity contribution in [1.29, 1.82) is 5.26 Å². The van der Waals surface area contributed by atoms with E-state index in [1.54, 1.807) is 31.5 Å². The Morgan fingerprint density at radius 3 is 2.46 bits per heavy atom. The van der Waals surface area contributed by atoms with Gasteiger partial charge in [0.15, 0.2) is 11.5 Å². The van der Waals surface area contributed by atoms with Gasteiger partial charge in [-0.3, -0.25) is 0 Å². The van der Waals surface area contributed by atoms with Crippen LogP contribution in [0.2, 0.25) is 0 Å². The van der Waals surface area contributed by atoms with Crippen molar-refractivity contribution in [1.82, 2.24) is 14.8 Å². The molecule has 1 fully saturated rings. The Hall–Kier alpha value is -2.46. The Morgan fingerprint density at radius 2 is 1.96 bits per heavy atom. The second-order valence-electron chi connectivity index (χ2n) is 7.58. The van der Waals surface area contributed by atoms with Crippen molar-refractivity contribution >= 4 is 5.69 Å². The molecule has 0 bridgehead atoms. The number of aryl methyl sites for hydroxylation is 2. The molecule has 0 aliphatic carbocycles. The van der Waals surface area contributed by atoms with Crippen molar-refractivity contribution in [3.63, 3.8) is 0 Å². The number of rotatable bonds is 3. The van der Waals surface area contributed by atoms with Gasteiger partial charge in [0.1, 0.15) is 12.4 Å². The first-order valence-electron chi connectivity index (χ1n) is 8.71. The number of piperidine rings is 1. The summed E-state index contributed by atoms with van der Waals surface area (Å²) in [6.45, 7) is 6.29. The molecule has 0 atom stereocenters. The van der Waals surface area contributed by atoms with Gasteiger partial charge in [0.05, 0.1) is 16.9 Å². The summed E-state index contributed by atoms with van der Waals surface area (Å²) in [5, 5.41) is 27.6. The van der Waals surface area contributed by atoms with Gasteiger partial charge in [-0.1, -0.05) is 6.07 Å². The van der Waals surface area contributed by atoms with Crippen molar-refractivity contribution in [3.05, 3.63) is 41.0 Å². The predicted molar refractivity (Wildman–Crippen MR) is 96.4 cm³/mol. The molecule has 1 N–H and O–H groups in total. The third kappa shape index (κ3) is 3.17. The van der Waals surface area contributed by atoms with Gasteiger partial charge in [0.2, 0.25) is 0 Å². The third-order valence-electron chi connectivity index (χ3n) is 5.11. The van der Waals surface area contributed by atoms with E-state index in [4.69, 9.17) is 0 Å². The second-order valence-corrected chi connectivity index (χ2v) is 7.58. The molecule has 138 valence electrons. The average Bonchev–Trinajstić information content (AvgIpc) is 3.01. The molecule has 7 heteroatoms. The Labute approximate surface area is 152 Å². The molecule has 6 nitrogen and oxygen atoms in total. The van der Waals surface area contributed by atoms with Crippen LogP contribution in [0.4, 0.5) is 10.1 Å². The molecular formula is C19H24FN5O. The maximum Gasteiger partial charge on any atom is 0.173 e. The van der Waals surface area contributed by atoms with Crippen LogP contribution in [0.3, 0.4) is 0 Å². The number of benzene rings is 1. The molecule has 0 radical (unpaired) electrons. The summed E-state index contributed by atoms with van der Waals surface area (Å²) in [4.78, 5) is 2.05. The van der Waals surface area contributed by atoms with Crippen LogP contribution in [0.25, 0.3) is 0 Å². The Balaban J connectivity index is 1.88. The van der Waals surface area contributed by atoms with Crippen LogP contribution in [0.5, 0.6) is 0 Å². The minimum Gasteiger partial charge on any atom is -0.386 e. The first kappa shape index (κ1) is 18.3. The van der Waals surface area contributed by atoms with E-state index in [1.165, 1.54) is 6.33 Å². The minimum absolute atomic E-state index is 0.289. The third-order valence-corrected chi connectivity index (χ3v) is 5.11. The van der Waals surface area contributed by atoms with Gasteiger partial charge in [-0.2, -0.15) is 5.26 Å². The zero-order valence-electron chi connectivity index (χ0n) is 15.6. The zero-order chi connectivity index (χ0) is 19.1. The van der Waals surface area contributed by atoms with E-state index in [2.05, 4.69) is 21.2 Å². The standard InChI is InChI=1S/C19H24FN5O/c1-13-9-15(18(2,3)26)10-14(11-21)16(13)25-7-5-19(20,6-8-25)17-23-22-12-24(17)4/h9-10,12,26H,5-8H2,1-4H3. The summed E-state index contributed by atoms with van der Waals surface area (Å²) in [6.07, 6.45) is 2.09. The summed E-state index contributed by atoms with van der Waals surface area (Å²) in [7, 11) is 1.75. The number of hydrogen-bond donors (Lipinski definition) is 1. The number of halogens is 1. The number of aromatic nitrogens is 3. The van der Waals surface area contributed by atoms with Gasteiger partial charge in [0.25, 0.3) is 0 Å². The SMILES string of the molecule is Cc1cc(C(C)(C)O)cc(C#N)c1N1CCC(F)(c2nncn2C)CC1. The average molecular weight is 357 g/mol. The van der Waals surface area contributed by atoms with Crippen LogP contribution in [-0.4, -0.2) is 33.0 Å². The van der Waals surface area contributed by atoms with E-state index in [1.807, 2.05) is 13.0 Å². The number of nitriles is 1. The molecule has 0 saturated carbocycles. The molecule has 2 heterocycles. The van der Waals surface area contributed by atoms with Crippen LogP contribution in [0.15, 0.2) is 18.5 Å². The lowest BCUT2D eigenvalue weighted by Gasteiger charge is -2.38. The monoisotopic (exact) mass is 357 g/mol. The summed E-state index contributed by atoms with van der Waals surface area (Å²) in [5.41, 5.74) is 0.413. The van der Waals surface area contributed by atoms with E-state index in [-0.39, 0.29) is 12.8 Å². The molecular weight excluding hydrogens is 333 g/mol. The summed E-state index contributed by atoms with van der Waals surface area (Å²) < 4.78 is 17.0. The van der Waals surface area contributed by atoms with Crippen LogP contribution in [-0.2, 0) is 18.3 Å². The van der Waals surface area contributed by atoms with Crippen LogP contribution < -0.4 is 4.90 Å². The van der Waals surface area contributed by atoms with Crippen LogP contribution in [0, 0.1) is 18.3 Å². The number of hydrogen-bond acceptors (Lipinski definition) is 5. The zero-order valence-corrected chi connectivity index (χ0v) is 15.6. The number of aliphatic hydroxyl groups is 1. The Kier molecular flexibility index (Phi) is 4.49. The van der Waals surface area contributed by atoms with E-state index in [9.17, 15) is 10.4 Å². The molecule has 2 aromatic rings. The molecule has 0 amide bonds. The van der Waals surface area contributed by atoms with Gasteiger partial charge in [0, 0.05) is 33.0 Å². The van der Waals surface area contributed by atoms with Crippen LogP contribution >= 0.6 is 0 Å². The number of nitrogens with zero attached hydrogens (tertiary/aromatic N) is 5. The van der Waals surface area contributed by atoms with Gasteiger partial charge in [-0.15, -0.1) is 10.2 Å². The molecule has 26 heavy (non-hydrogen) atoms. The van der Waals surface area contributed by atoms with E-state index >= 15 is 4.39 Å². The quantitative estimate of drug-likeness (QED) is 0.914. The van der Waals surface area contributed by atoms with Gasteiger partial charge in [-0.05, 0) is 38.0 Å². The number of alkyl halides is 1. The smallest absolute Gasteiger partial charge is 0.173 e. The highest BCUT2D eigenvalue weighted by Crippen LogP contribution is 2.39. The first-order valence-corrected chi connectivity index (χ1v) is 8.71. The van der Waals surface area contributed by atoms with E-state index < -0.39 is 11.3 Å². The topological polar surface area (TPSA) is 78.0 Å². The molecule has 1 aromatic carbocycles. The molecule has 0 unspecified atom stereocenters. The summed E-state index contributed by atoms with van der Waals surface area (Å²) in [5.74, 6) is 0.353. The maximum atomic E-state index is 15.3. The van der Waals surface area contributed by atoms with E-state index in [0.717, 1.165) is 11.3 Å². The van der Waals surface area contributed by atoms with Gasteiger partial charge in [-0.25, -0.2) is 4.39 Å². The highest BCUT2D eigenvalue weighted by Gasteiger charge is 2.40. The van der Waals surface area contributed by atoms with E-state index in [0.29, 0.717) is 30.0 Å². The second kappa shape index (κ2) is 6.36. The van der Waals surface area contributed by atoms with Gasteiger partial charge < -0.3 is 14.6 Å². The fourth-order valence-corrected chi connectivity index (χ4v) is 3.63. The van der Waals surface area contributed by atoms with Crippen LogP contribution in [0.1, 0.15) is 49.2 Å². The summed E-state index contributed by atoms with van der Waals surface area (Å²) in [6, 6.07) is 5.85. The highest BCUT2D eigenvalue weighted by atomic mass is 19.1. The van der Waals surface area contributed by atoms with Crippen molar-refractivity contribution in [2.45, 2.75) is 44.9 Å². The van der Waals surface area contributed by atoms with Crippen molar-refractivity contribution in [3.8, 4) is 6.07 Å². The molecule has 1 aliphatic rings.